The molecule has 30 heavy (non-hydrogen) atoms. The monoisotopic (exact) mass is 401 g/mol. The number of carbonyl (C=O) groups is 1. The molecule has 0 unspecified atom stereocenters. The molecule has 0 radical (unpaired) electrons. The Labute approximate surface area is 174 Å². The van der Waals surface area contributed by atoms with Crippen molar-refractivity contribution in [3.05, 3.63) is 78.0 Å². The van der Waals surface area contributed by atoms with Gasteiger partial charge < -0.3 is 4.90 Å². The van der Waals surface area contributed by atoms with Crippen LogP contribution in [0, 0.1) is 22.6 Å². The highest BCUT2D eigenvalue weighted by atomic mass is 19.1. The fourth-order valence-electron chi connectivity index (χ4n) is 3.87. The van der Waals surface area contributed by atoms with Crippen molar-refractivity contribution < 1.29 is 9.18 Å². The van der Waals surface area contributed by atoms with Gasteiger partial charge >= 0.3 is 0 Å². The molecule has 4 rings (SSSR count). The average Bonchev–Trinajstić information content (AvgIpc) is 2.81. The molecular weight excluding hydrogens is 381 g/mol. The van der Waals surface area contributed by atoms with E-state index in [1.165, 1.54) is 12.1 Å². The molecule has 1 aliphatic heterocycles. The van der Waals surface area contributed by atoms with E-state index in [4.69, 9.17) is 0 Å². The van der Waals surface area contributed by atoms with E-state index in [2.05, 4.69) is 21.3 Å². The number of aromatic nitrogens is 3. The van der Waals surface area contributed by atoms with Gasteiger partial charge in [0, 0.05) is 24.8 Å². The number of benzene rings is 1. The van der Waals surface area contributed by atoms with Gasteiger partial charge in [-0.25, -0.2) is 4.39 Å². The van der Waals surface area contributed by atoms with Crippen LogP contribution in [0.3, 0.4) is 0 Å². The summed E-state index contributed by atoms with van der Waals surface area (Å²) in [5, 5.41) is 17.5. The maximum atomic E-state index is 13.2. The van der Waals surface area contributed by atoms with Gasteiger partial charge in [0.05, 0.1) is 35.1 Å². The highest BCUT2D eigenvalue weighted by Gasteiger charge is 2.37. The average molecular weight is 401 g/mol. The summed E-state index contributed by atoms with van der Waals surface area (Å²) in [4.78, 5) is 19.4. The second kappa shape index (κ2) is 8.37. The smallest absolute Gasteiger partial charge is 0.256 e. The number of pyridine rings is 1. The van der Waals surface area contributed by atoms with E-state index in [0.717, 1.165) is 11.1 Å². The van der Waals surface area contributed by atoms with E-state index >= 15 is 0 Å². The van der Waals surface area contributed by atoms with Crippen LogP contribution < -0.4 is 0 Å². The second-order valence-corrected chi connectivity index (χ2v) is 7.52. The summed E-state index contributed by atoms with van der Waals surface area (Å²) in [6, 6.07) is 14.0. The fourth-order valence-corrected chi connectivity index (χ4v) is 3.87. The zero-order chi connectivity index (χ0) is 21.0. The molecule has 0 atom stereocenters. The molecule has 0 saturated carbocycles. The zero-order valence-electron chi connectivity index (χ0n) is 16.3. The van der Waals surface area contributed by atoms with Crippen molar-refractivity contribution in [2.45, 2.75) is 19.3 Å². The maximum absolute atomic E-state index is 13.2. The van der Waals surface area contributed by atoms with E-state index < -0.39 is 5.41 Å². The van der Waals surface area contributed by atoms with Gasteiger partial charge in [0.15, 0.2) is 0 Å². The lowest BCUT2D eigenvalue weighted by Gasteiger charge is -2.37. The summed E-state index contributed by atoms with van der Waals surface area (Å²) < 4.78 is 13.2. The minimum absolute atomic E-state index is 0.108. The Bertz CT molecular complexity index is 1070. The molecule has 150 valence electrons. The number of hydrogen-bond donors (Lipinski definition) is 0. The van der Waals surface area contributed by atoms with Crippen LogP contribution in [0.2, 0.25) is 0 Å². The first-order valence-electron chi connectivity index (χ1n) is 9.77. The predicted octanol–water partition coefficient (Wildman–Crippen LogP) is 3.67. The van der Waals surface area contributed by atoms with Gasteiger partial charge in [-0.05, 0) is 55.2 Å². The number of hydrogen-bond acceptors (Lipinski definition) is 5. The summed E-state index contributed by atoms with van der Waals surface area (Å²) in [5.74, 6) is -0.398. The molecule has 1 aliphatic rings. The van der Waals surface area contributed by atoms with Gasteiger partial charge in [0.1, 0.15) is 5.82 Å². The second-order valence-electron chi connectivity index (χ2n) is 7.52. The quantitative estimate of drug-likeness (QED) is 0.666. The lowest BCUT2D eigenvalue weighted by molar-refractivity contribution is 0.0647. The molecule has 1 amide bonds. The number of rotatable bonds is 4. The Hall–Kier alpha value is -3.66. The first-order chi connectivity index (χ1) is 14.6. The summed E-state index contributed by atoms with van der Waals surface area (Å²) in [5.41, 5.74) is 2.18. The summed E-state index contributed by atoms with van der Waals surface area (Å²) in [6.45, 7) is 0.965. The van der Waals surface area contributed by atoms with E-state index in [-0.39, 0.29) is 11.7 Å². The number of nitrogens with zero attached hydrogens (tertiary/aromatic N) is 5. The van der Waals surface area contributed by atoms with Gasteiger partial charge in [0.25, 0.3) is 5.91 Å². The summed E-state index contributed by atoms with van der Waals surface area (Å²) >= 11 is 0. The fraction of sp³-hybridized carbons (Fsp3) is 0.261. The minimum Gasteiger partial charge on any atom is -0.338 e. The van der Waals surface area contributed by atoms with Crippen LogP contribution in [0.4, 0.5) is 4.39 Å². The Morgan fingerprint density at radius 1 is 1.10 bits per heavy atom. The van der Waals surface area contributed by atoms with Crippen LogP contribution >= 0.6 is 0 Å². The van der Waals surface area contributed by atoms with E-state index in [0.29, 0.717) is 43.6 Å². The normalized spacial score (nSPS) is 15.4. The third-order valence-electron chi connectivity index (χ3n) is 5.60. The molecule has 7 heteroatoms. The first-order valence-corrected chi connectivity index (χ1v) is 9.77. The number of nitriles is 1. The Balaban J connectivity index is 1.50. The molecule has 3 heterocycles. The SMILES string of the molecule is N#CC1(Cc2ccc(F)cc2)CCN(C(=O)c2cccnc2-c2ccnnc2)CC1. The number of likely N-dealkylation sites (tertiary alicyclic amines) is 1. The molecule has 0 aliphatic carbocycles. The van der Waals surface area contributed by atoms with Crippen molar-refractivity contribution in [2.24, 2.45) is 5.41 Å². The van der Waals surface area contributed by atoms with Crippen molar-refractivity contribution in [1.82, 2.24) is 20.1 Å². The Kier molecular flexibility index (Phi) is 5.48. The number of amides is 1. The van der Waals surface area contributed by atoms with Crippen LogP contribution in [-0.2, 0) is 6.42 Å². The van der Waals surface area contributed by atoms with Crippen molar-refractivity contribution in [1.29, 1.82) is 5.26 Å². The molecule has 1 aromatic carbocycles. The van der Waals surface area contributed by atoms with Gasteiger partial charge in [-0.15, -0.1) is 0 Å². The van der Waals surface area contributed by atoms with Crippen LogP contribution in [0.5, 0.6) is 0 Å². The van der Waals surface area contributed by atoms with Gasteiger partial charge in [0.2, 0.25) is 0 Å². The zero-order valence-corrected chi connectivity index (χ0v) is 16.3. The number of carbonyl (C=O) groups excluding carboxylic acids is 1. The molecule has 0 bridgehead atoms. The van der Waals surface area contributed by atoms with Crippen molar-refractivity contribution >= 4 is 5.91 Å². The van der Waals surface area contributed by atoms with E-state index in [9.17, 15) is 14.4 Å². The maximum Gasteiger partial charge on any atom is 0.256 e. The van der Waals surface area contributed by atoms with Gasteiger partial charge in [-0.3, -0.25) is 9.78 Å². The van der Waals surface area contributed by atoms with Crippen LogP contribution in [0.1, 0.15) is 28.8 Å². The van der Waals surface area contributed by atoms with Crippen molar-refractivity contribution in [2.75, 3.05) is 13.1 Å². The topological polar surface area (TPSA) is 82.8 Å². The van der Waals surface area contributed by atoms with Crippen molar-refractivity contribution in [3.63, 3.8) is 0 Å². The van der Waals surface area contributed by atoms with E-state index in [1.807, 2.05) is 0 Å². The number of halogens is 1. The molecule has 6 nitrogen and oxygen atoms in total. The standard InChI is InChI=1S/C23H20FN5O/c24-19-5-3-17(4-6-19)14-23(16-25)8-12-29(13-9-23)22(30)20-2-1-10-26-21(20)18-7-11-27-28-15-18/h1-7,10-11,15H,8-9,12-14H2. The molecule has 0 spiro atoms. The molecule has 2 aromatic heterocycles. The lowest BCUT2D eigenvalue weighted by atomic mass is 9.75. The highest BCUT2D eigenvalue weighted by Crippen LogP contribution is 2.35. The largest absolute Gasteiger partial charge is 0.338 e. The van der Waals surface area contributed by atoms with Gasteiger partial charge in [-0.1, -0.05) is 12.1 Å². The molecule has 1 saturated heterocycles. The third-order valence-corrected chi connectivity index (χ3v) is 5.60. The van der Waals surface area contributed by atoms with Crippen LogP contribution in [-0.4, -0.2) is 39.1 Å². The minimum atomic E-state index is -0.554. The van der Waals surface area contributed by atoms with Crippen LogP contribution in [0.25, 0.3) is 11.3 Å². The Morgan fingerprint density at radius 2 is 1.87 bits per heavy atom. The summed E-state index contributed by atoms with van der Waals surface area (Å²) in [7, 11) is 0. The van der Waals surface area contributed by atoms with E-state index in [1.54, 1.807) is 53.8 Å². The third kappa shape index (κ3) is 4.03. The molecular formula is C23H20FN5O. The molecule has 0 N–H and O–H groups in total. The van der Waals surface area contributed by atoms with Gasteiger partial charge in [-0.2, -0.15) is 15.5 Å². The predicted molar refractivity (Wildman–Crippen MR) is 109 cm³/mol. The van der Waals surface area contributed by atoms with Crippen molar-refractivity contribution in [3.8, 4) is 17.3 Å². The summed E-state index contributed by atoms with van der Waals surface area (Å²) in [6.07, 6.45) is 6.48. The number of piperidine rings is 1. The van der Waals surface area contributed by atoms with Crippen LogP contribution in [0.15, 0.2) is 61.1 Å². The first kappa shape index (κ1) is 19.6. The highest BCUT2D eigenvalue weighted by molar-refractivity contribution is 5.99. The lowest BCUT2D eigenvalue weighted by Crippen LogP contribution is -2.43. The molecule has 3 aromatic rings. The Morgan fingerprint density at radius 3 is 2.53 bits per heavy atom. The molecule has 1 fully saturated rings.